The van der Waals surface area contributed by atoms with Crippen LogP contribution in [0, 0.1) is 12.8 Å². The minimum absolute atomic E-state index is 0.0903. The molecule has 1 aliphatic heterocycles. The zero-order valence-electron chi connectivity index (χ0n) is 18.7. The van der Waals surface area contributed by atoms with Crippen molar-refractivity contribution in [1.82, 2.24) is 14.7 Å². The van der Waals surface area contributed by atoms with Crippen molar-refractivity contribution in [2.45, 2.75) is 33.2 Å². The maximum absolute atomic E-state index is 13.2. The van der Waals surface area contributed by atoms with Crippen molar-refractivity contribution in [2.24, 2.45) is 5.92 Å². The molecular formula is C26H29N3O3. The number of amides is 1. The lowest BCUT2D eigenvalue weighted by Gasteiger charge is -2.30. The standard InChI is InChI=1S/C26H29N3O3/c1-3-32-26(31)22-13-15-28(16-14-22)25(30)23-17-24(21-11-9-19(2)10-12-21)29(27-23)18-20-7-5-4-6-8-20/h4-12,17,22H,3,13-16,18H2,1-2H3. The van der Waals surface area contributed by atoms with Crippen LogP contribution in [0.4, 0.5) is 0 Å². The number of benzene rings is 2. The Morgan fingerprint density at radius 2 is 1.72 bits per heavy atom. The lowest BCUT2D eigenvalue weighted by atomic mass is 9.97. The highest BCUT2D eigenvalue weighted by molar-refractivity contribution is 5.93. The summed E-state index contributed by atoms with van der Waals surface area (Å²) in [6.07, 6.45) is 1.25. The maximum Gasteiger partial charge on any atom is 0.309 e. The number of aryl methyl sites for hydroxylation is 1. The van der Waals surface area contributed by atoms with Gasteiger partial charge in [-0.25, -0.2) is 0 Å². The average molecular weight is 432 g/mol. The smallest absolute Gasteiger partial charge is 0.309 e. The van der Waals surface area contributed by atoms with Gasteiger partial charge in [0.25, 0.3) is 5.91 Å². The van der Waals surface area contributed by atoms with Gasteiger partial charge in [0.2, 0.25) is 0 Å². The van der Waals surface area contributed by atoms with Gasteiger partial charge in [-0.2, -0.15) is 5.10 Å². The zero-order chi connectivity index (χ0) is 22.5. The number of carbonyl (C=O) groups excluding carboxylic acids is 2. The molecule has 6 nitrogen and oxygen atoms in total. The van der Waals surface area contributed by atoms with E-state index in [1.54, 1.807) is 4.90 Å². The normalized spacial score (nSPS) is 14.4. The van der Waals surface area contributed by atoms with E-state index in [1.807, 2.05) is 35.9 Å². The van der Waals surface area contributed by atoms with Gasteiger partial charge in [-0.15, -0.1) is 0 Å². The summed E-state index contributed by atoms with van der Waals surface area (Å²) in [5.41, 5.74) is 4.69. The number of rotatable bonds is 6. The van der Waals surface area contributed by atoms with E-state index in [1.165, 1.54) is 5.56 Å². The van der Waals surface area contributed by atoms with Crippen molar-refractivity contribution in [3.8, 4) is 11.3 Å². The topological polar surface area (TPSA) is 64.4 Å². The molecule has 0 N–H and O–H groups in total. The second-order valence-electron chi connectivity index (χ2n) is 8.24. The molecule has 166 valence electrons. The summed E-state index contributed by atoms with van der Waals surface area (Å²) in [5.74, 6) is -0.376. The molecule has 3 aromatic rings. The molecule has 1 aliphatic rings. The van der Waals surface area contributed by atoms with Crippen LogP contribution in [0.2, 0.25) is 0 Å². The number of aromatic nitrogens is 2. The summed E-state index contributed by atoms with van der Waals surface area (Å²) < 4.78 is 7.04. The number of hydrogen-bond acceptors (Lipinski definition) is 4. The second kappa shape index (κ2) is 9.81. The van der Waals surface area contributed by atoms with E-state index in [9.17, 15) is 9.59 Å². The highest BCUT2D eigenvalue weighted by Gasteiger charge is 2.30. The molecule has 2 aromatic carbocycles. The third-order valence-corrected chi connectivity index (χ3v) is 5.92. The predicted molar refractivity (Wildman–Crippen MR) is 123 cm³/mol. The maximum atomic E-state index is 13.2. The SMILES string of the molecule is CCOC(=O)C1CCN(C(=O)c2cc(-c3ccc(C)cc3)n(Cc3ccccc3)n2)CC1. The molecule has 0 saturated carbocycles. The van der Waals surface area contributed by atoms with Gasteiger partial charge < -0.3 is 9.64 Å². The van der Waals surface area contributed by atoms with E-state index in [0.29, 0.717) is 44.8 Å². The Labute approximate surface area is 188 Å². The molecule has 1 fully saturated rings. The van der Waals surface area contributed by atoms with Gasteiger partial charge >= 0.3 is 5.97 Å². The fourth-order valence-corrected chi connectivity index (χ4v) is 4.10. The van der Waals surface area contributed by atoms with Crippen LogP contribution < -0.4 is 0 Å². The Hall–Kier alpha value is -3.41. The van der Waals surface area contributed by atoms with E-state index in [0.717, 1.165) is 16.8 Å². The minimum atomic E-state index is -0.159. The van der Waals surface area contributed by atoms with Crippen LogP contribution in [0.1, 0.15) is 41.4 Å². The molecule has 1 aromatic heterocycles. The fourth-order valence-electron chi connectivity index (χ4n) is 4.10. The van der Waals surface area contributed by atoms with Crippen LogP contribution in [0.25, 0.3) is 11.3 Å². The van der Waals surface area contributed by atoms with Gasteiger partial charge in [-0.3, -0.25) is 14.3 Å². The molecule has 0 spiro atoms. The van der Waals surface area contributed by atoms with Gasteiger partial charge in [0.15, 0.2) is 5.69 Å². The van der Waals surface area contributed by atoms with Crippen LogP contribution in [0.3, 0.4) is 0 Å². The van der Waals surface area contributed by atoms with Crippen molar-refractivity contribution in [1.29, 1.82) is 0 Å². The molecule has 0 bridgehead atoms. The van der Waals surface area contributed by atoms with E-state index >= 15 is 0 Å². The molecule has 1 saturated heterocycles. The summed E-state index contributed by atoms with van der Waals surface area (Å²) >= 11 is 0. The van der Waals surface area contributed by atoms with Crippen LogP contribution in [0.15, 0.2) is 60.7 Å². The lowest BCUT2D eigenvalue weighted by Crippen LogP contribution is -2.40. The molecule has 1 amide bonds. The highest BCUT2D eigenvalue weighted by atomic mass is 16.5. The average Bonchev–Trinajstić information content (AvgIpc) is 3.23. The summed E-state index contributed by atoms with van der Waals surface area (Å²) in [7, 11) is 0. The van der Waals surface area contributed by atoms with E-state index < -0.39 is 0 Å². The molecule has 32 heavy (non-hydrogen) atoms. The number of likely N-dealkylation sites (tertiary alicyclic amines) is 1. The third kappa shape index (κ3) is 4.90. The number of hydrogen-bond donors (Lipinski definition) is 0. The van der Waals surface area contributed by atoms with Crippen molar-refractivity contribution in [2.75, 3.05) is 19.7 Å². The molecule has 2 heterocycles. The number of piperidine rings is 1. The van der Waals surface area contributed by atoms with Crippen molar-refractivity contribution in [3.63, 3.8) is 0 Å². The molecule has 0 radical (unpaired) electrons. The van der Waals surface area contributed by atoms with Crippen LogP contribution in [-0.2, 0) is 16.1 Å². The lowest BCUT2D eigenvalue weighted by molar-refractivity contribution is -0.149. The van der Waals surface area contributed by atoms with E-state index in [2.05, 4.69) is 43.3 Å². The fraction of sp³-hybridized carbons (Fsp3) is 0.346. The second-order valence-corrected chi connectivity index (χ2v) is 8.24. The van der Waals surface area contributed by atoms with Crippen molar-refractivity contribution in [3.05, 3.63) is 77.5 Å². The molecule has 0 aliphatic carbocycles. The number of nitrogens with zero attached hydrogens (tertiary/aromatic N) is 3. The Bertz CT molecular complexity index is 1070. The molecule has 4 rings (SSSR count). The molecule has 0 atom stereocenters. The monoisotopic (exact) mass is 431 g/mol. The van der Waals surface area contributed by atoms with Crippen LogP contribution in [0.5, 0.6) is 0 Å². The van der Waals surface area contributed by atoms with E-state index in [4.69, 9.17) is 9.84 Å². The Morgan fingerprint density at radius 3 is 2.38 bits per heavy atom. The third-order valence-electron chi connectivity index (χ3n) is 5.92. The Morgan fingerprint density at radius 1 is 1.03 bits per heavy atom. The first-order chi connectivity index (χ1) is 15.5. The summed E-state index contributed by atoms with van der Waals surface area (Å²) in [6.45, 7) is 5.91. The van der Waals surface area contributed by atoms with Gasteiger partial charge in [0.1, 0.15) is 0 Å². The number of esters is 1. The quantitative estimate of drug-likeness (QED) is 0.545. The molecule has 6 heteroatoms. The van der Waals surface area contributed by atoms with Crippen molar-refractivity contribution >= 4 is 11.9 Å². The van der Waals surface area contributed by atoms with Gasteiger partial charge in [-0.05, 0) is 43.9 Å². The first-order valence-electron chi connectivity index (χ1n) is 11.2. The first kappa shape index (κ1) is 21.8. The number of ether oxygens (including phenoxy) is 1. The summed E-state index contributed by atoms with van der Waals surface area (Å²) in [6, 6.07) is 20.3. The van der Waals surface area contributed by atoms with Crippen molar-refractivity contribution < 1.29 is 14.3 Å². The van der Waals surface area contributed by atoms with Crippen LogP contribution in [-0.4, -0.2) is 46.3 Å². The van der Waals surface area contributed by atoms with Gasteiger partial charge in [0, 0.05) is 13.1 Å². The van der Waals surface area contributed by atoms with E-state index in [-0.39, 0.29) is 17.8 Å². The minimum Gasteiger partial charge on any atom is -0.466 e. The molecular weight excluding hydrogens is 402 g/mol. The predicted octanol–water partition coefficient (Wildman–Crippen LogP) is 4.32. The van der Waals surface area contributed by atoms with Crippen LogP contribution >= 0.6 is 0 Å². The highest BCUT2D eigenvalue weighted by Crippen LogP contribution is 2.25. The Balaban J connectivity index is 1.56. The summed E-state index contributed by atoms with van der Waals surface area (Å²) in [5, 5.41) is 4.70. The summed E-state index contributed by atoms with van der Waals surface area (Å²) in [4.78, 5) is 27.0. The first-order valence-corrected chi connectivity index (χ1v) is 11.2. The number of carbonyl (C=O) groups is 2. The van der Waals surface area contributed by atoms with Gasteiger partial charge in [-0.1, -0.05) is 60.2 Å². The molecule has 0 unspecified atom stereocenters. The largest absolute Gasteiger partial charge is 0.466 e. The van der Waals surface area contributed by atoms with Gasteiger partial charge in [0.05, 0.1) is 24.8 Å². The zero-order valence-corrected chi connectivity index (χ0v) is 18.7. The Kier molecular flexibility index (Phi) is 6.69.